The number of hydrogen-bond acceptors (Lipinski definition) is 2. The van der Waals surface area contributed by atoms with Crippen molar-refractivity contribution in [3.8, 4) is 0 Å². The molecule has 1 unspecified atom stereocenters. The summed E-state index contributed by atoms with van der Waals surface area (Å²) in [5, 5.41) is 3.89. The van der Waals surface area contributed by atoms with E-state index in [2.05, 4.69) is 19.2 Å². The van der Waals surface area contributed by atoms with Crippen LogP contribution in [0.5, 0.6) is 0 Å². The number of nitrogens with one attached hydrogen (secondary N) is 1. The van der Waals surface area contributed by atoms with Gasteiger partial charge in [-0.15, -0.1) is 0 Å². The van der Waals surface area contributed by atoms with Crippen molar-refractivity contribution in [1.29, 1.82) is 0 Å². The zero-order chi connectivity index (χ0) is 13.0. The van der Waals surface area contributed by atoms with Gasteiger partial charge in [0.2, 0.25) is 0 Å². The molecule has 1 atom stereocenters. The molecule has 4 heteroatoms. The number of nitrogens with zero attached hydrogens (tertiary/aromatic N) is 1. The van der Waals surface area contributed by atoms with Crippen molar-refractivity contribution in [2.75, 3.05) is 20.6 Å². The van der Waals surface area contributed by atoms with Crippen LogP contribution in [-0.2, 0) is 0 Å². The molecule has 1 aromatic carbocycles. The number of benzene rings is 1. The fourth-order valence-corrected chi connectivity index (χ4v) is 1.87. The van der Waals surface area contributed by atoms with Crippen molar-refractivity contribution in [3.05, 3.63) is 34.6 Å². The summed E-state index contributed by atoms with van der Waals surface area (Å²) >= 11 is 5.92. The monoisotopic (exact) mass is 258 g/mol. The van der Waals surface area contributed by atoms with Crippen molar-refractivity contribution >= 4 is 11.6 Å². The molecule has 2 nitrogen and oxygen atoms in total. The van der Waals surface area contributed by atoms with Gasteiger partial charge in [-0.1, -0.05) is 25.4 Å². The van der Waals surface area contributed by atoms with Gasteiger partial charge in [-0.2, -0.15) is 0 Å². The smallest absolute Gasteiger partial charge is 0.128 e. The molecule has 0 fully saturated rings. The molecule has 1 N–H and O–H groups in total. The normalized spacial score (nSPS) is 13.4. The van der Waals surface area contributed by atoms with Gasteiger partial charge in [0.25, 0.3) is 0 Å². The molecule has 0 saturated carbocycles. The largest absolute Gasteiger partial charge is 0.313 e. The van der Waals surface area contributed by atoms with Gasteiger partial charge in [-0.05, 0) is 32.3 Å². The Morgan fingerprint density at radius 2 is 2.00 bits per heavy atom. The maximum Gasteiger partial charge on any atom is 0.128 e. The highest BCUT2D eigenvalue weighted by molar-refractivity contribution is 6.30. The first kappa shape index (κ1) is 14.4. The molecule has 0 aliphatic heterocycles. The zero-order valence-corrected chi connectivity index (χ0v) is 11.6. The number of hydrogen-bond donors (Lipinski definition) is 1. The molecule has 17 heavy (non-hydrogen) atoms. The minimum atomic E-state index is -0.210. The van der Waals surface area contributed by atoms with E-state index >= 15 is 0 Å². The standard InChI is InChI=1S/C13H20ClFN2/c1-9(2)16-8-13(17(3)4)11-7-10(14)5-6-12(11)15/h5-7,9,13,16H,8H2,1-4H3. The minimum absolute atomic E-state index is 0.0175. The Hall–Kier alpha value is -0.640. The molecular weight excluding hydrogens is 239 g/mol. The average molecular weight is 259 g/mol. The third-order valence-corrected chi connectivity index (χ3v) is 2.89. The van der Waals surface area contributed by atoms with E-state index < -0.39 is 0 Å². The van der Waals surface area contributed by atoms with Gasteiger partial charge in [-0.25, -0.2) is 4.39 Å². The third-order valence-electron chi connectivity index (χ3n) is 2.66. The SMILES string of the molecule is CC(C)NCC(c1cc(Cl)ccc1F)N(C)C. The first-order valence-electron chi connectivity index (χ1n) is 5.76. The highest BCUT2D eigenvalue weighted by Crippen LogP contribution is 2.24. The van der Waals surface area contributed by atoms with Gasteiger partial charge in [0.1, 0.15) is 5.82 Å². The van der Waals surface area contributed by atoms with Crippen LogP contribution in [0, 0.1) is 5.82 Å². The summed E-state index contributed by atoms with van der Waals surface area (Å²) in [6.07, 6.45) is 0. The fourth-order valence-electron chi connectivity index (χ4n) is 1.69. The van der Waals surface area contributed by atoms with E-state index in [1.54, 1.807) is 12.1 Å². The van der Waals surface area contributed by atoms with Gasteiger partial charge in [0.05, 0.1) is 0 Å². The lowest BCUT2D eigenvalue weighted by Gasteiger charge is -2.26. The van der Waals surface area contributed by atoms with Crippen LogP contribution >= 0.6 is 11.6 Å². The molecule has 0 saturated heterocycles. The molecule has 0 aliphatic rings. The Balaban J connectivity index is 2.92. The molecule has 1 rings (SSSR count). The van der Waals surface area contributed by atoms with Crippen LogP contribution in [0.3, 0.4) is 0 Å². The Kier molecular flexibility index (Phi) is 5.37. The maximum atomic E-state index is 13.8. The van der Waals surface area contributed by atoms with Crippen LogP contribution in [0.2, 0.25) is 5.02 Å². The molecular formula is C13H20ClFN2. The van der Waals surface area contributed by atoms with Crippen LogP contribution < -0.4 is 5.32 Å². The van der Waals surface area contributed by atoms with E-state index in [-0.39, 0.29) is 11.9 Å². The molecule has 0 heterocycles. The number of halogens is 2. The maximum absolute atomic E-state index is 13.8. The quantitative estimate of drug-likeness (QED) is 0.873. The molecule has 0 bridgehead atoms. The second kappa shape index (κ2) is 6.34. The highest BCUT2D eigenvalue weighted by atomic mass is 35.5. The summed E-state index contributed by atoms with van der Waals surface area (Å²) in [5.41, 5.74) is 0.635. The van der Waals surface area contributed by atoms with Crippen molar-refractivity contribution in [2.24, 2.45) is 0 Å². The Bertz CT molecular complexity index is 366. The van der Waals surface area contributed by atoms with Gasteiger partial charge in [0, 0.05) is 29.2 Å². The summed E-state index contributed by atoms with van der Waals surface area (Å²) in [6.45, 7) is 4.84. The molecule has 1 aromatic rings. The van der Waals surface area contributed by atoms with Gasteiger partial charge in [-0.3, -0.25) is 0 Å². The van der Waals surface area contributed by atoms with Crippen molar-refractivity contribution in [2.45, 2.75) is 25.9 Å². The fraction of sp³-hybridized carbons (Fsp3) is 0.538. The van der Waals surface area contributed by atoms with Crippen molar-refractivity contribution < 1.29 is 4.39 Å². The van der Waals surface area contributed by atoms with E-state index in [9.17, 15) is 4.39 Å². The Morgan fingerprint density at radius 3 is 2.53 bits per heavy atom. The topological polar surface area (TPSA) is 15.3 Å². The molecule has 0 aliphatic carbocycles. The minimum Gasteiger partial charge on any atom is -0.313 e. The summed E-state index contributed by atoms with van der Waals surface area (Å²) in [6, 6.07) is 5.05. The molecule has 0 amide bonds. The lowest BCUT2D eigenvalue weighted by Crippen LogP contribution is -2.34. The van der Waals surface area contributed by atoms with E-state index in [0.29, 0.717) is 23.2 Å². The number of likely N-dealkylation sites (N-methyl/N-ethyl adjacent to an activating group) is 1. The Morgan fingerprint density at radius 1 is 1.35 bits per heavy atom. The van der Waals surface area contributed by atoms with E-state index in [4.69, 9.17) is 11.6 Å². The second-order valence-electron chi connectivity index (χ2n) is 4.71. The first-order chi connectivity index (χ1) is 7.91. The van der Waals surface area contributed by atoms with Crippen LogP contribution in [0.25, 0.3) is 0 Å². The van der Waals surface area contributed by atoms with Crippen molar-refractivity contribution in [1.82, 2.24) is 10.2 Å². The predicted molar refractivity (Wildman–Crippen MR) is 71.0 cm³/mol. The van der Waals surface area contributed by atoms with Crippen LogP contribution in [0.15, 0.2) is 18.2 Å². The summed E-state index contributed by atoms with van der Waals surface area (Å²) in [4.78, 5) is 1.99. The van der Waals surface area contributed by atoms with Crippen LogP contribution in [0.1, 0.15) is 25.5 Å². The predicted octanol–water partition coefficient (Wildman–Crippen LogP) is 3.08. The number of rotatable bonds is 5. The summed E-state index contributed by atoms with van der Waals surface area (Å²) in [5.74, 6) is -0.210. The molecule has 0 spiro atoms. The third kappa shape index (κ3) is 4.26. The van der Waals surface area contributed by atoms with Gasteiger partial charge < -0.3 is 10.2 Å². The second-order valence-corrected chi connectivity index (χ2v) is 5.14. The molecule has 96 valence electrons. The average Bonchev–Trinajstić information content (AvgIpc) is 2.22. The van der Waals surface area contributed by atoms with Crippen LogP contribution in [-0.4, -0.2) is 31.6 Å². The van der Waals surface area contributed by atoms with Crippen LogP contribution in [0.4, 0.5) is 4.39 Å². The summed E-state index contributed by atoms with van der Waals surface area (Å²) < 4.78 is 13.8. The van der Waals surface area contributed by atoms with E-state index in [1.807, 2.05) is 19.0 Å². The lowest BCUT2D eigenvalue weighted by molar-refractivity contribution is 0.276. The zero-order valence-electron chi connectivity index (χ0n) is 10.8. The van der Waals surface area contributed by atoms with Crippen molar-refractivity contribution in [3.63, 3.8) is 0 Å². The molecule has 0 radical (unpaired) electrons. The van der Waals surface area contributed by atoms with E-state index in [1.165, 1.54) is 6.07 Å². The van der Waals surface area contributed by atoms with E-state index in [0.717, 1.165) is 0 Å². The first-order valence-corrected chi connectivity index (χ1v) is 6.14. The highest BCUT2D eigenvalue weighted by Gasteiger charge is 2.18. The molecule has 0 aromatic heterocycles. The Labute approximate surface area is 108 Å². The van der Waals surface area contributed by atoms with Gasteiger partial charge >= 0.3 is 0 Å². The summed E-state index contributed by atoms with van der Waals surface area (Å²) in [7, 11) is 3.88. The lowest BCUT2D eigenvalue weighted by atomic mass is 10.0. The van der Waals surface area contributed by atoms with Gasteiger partial charge in [0.15, 0.2) is 0 Å².